The summed E-state index contributed by atoms with van der Waals surface area (Å²) in [4.78, 5) is 0. The van der Waals surface area contributed by atoms with Gasteiger partial charge in [-0.1, -0.05) is 34.6 Å². The number of halogens is 7. The molecule has 3 rings (SSSR count). The molecule has 1 saturated carbocycles. The molecule has 1 aliphatic carbocycles. The third kappa shape index (κ3) is 13.3. The Morgan fingerprint density at radius 3 is 1.16 bits per heavy atom. The first-order valence-electron chi connectivity index (χ1n) is 11.5. The van der Waals surface area contributed by atoms with Crippen LogP contribution in [-0.2, 0) is 40.5 Å². The van der Waals surface area contributed by atoms with Crippen LogP contribution < -0.4 is 10.5 Å². The third-order valence-corrected chi connectivity index (χ3v) is 7.45. The van der Waals surface area contributed by atoms with Crippen molar-refractivity contribution >= 4 is 20.4 Å². The van der Waals surface area contributed by atoms with Crippen LogP contribution in [0.4, 0.5) is 30.7 Å². The molecule has 0 bridgehead atoms. The van der Waals surface area contributed by atoms with E-state index in [0.29, 0.717) is 36.4 Å². The van der Waals surface area contributed by atoms with E-state index in [4.69, 9.17) is 23.3 Å². The van der Waals surface area contributed by atoms with Crippen LogP contribution >= 0.6 is 0 Å². The largest absolute Gasteiger partial charge is 3.00 e. The number of nitrogens with two attached hydrogens (primary N) is 1. The zero-order chi connectivity index (χ0) is 33.0. The van der Waals surface area contributed by atoms with Crippen LogP contribution in [0.25, 0.3) is 0 Å². The molecule has 0 heterocycles. The number of hydrogen-bond acceptors (Lipinski definition) is 7. The quantitative estimate of drug-likeness (QED) is 0.256. The number of sulfonamides is 1. The predicted molar refractivity (Wildman–Crippen MR) is 139 cm³/mol. The molecule has 2 aromatic rings. The normalized spacial score (nSPS) is 16.9. The van der Waals surface area contributed by atoms with Crippen molar-refractivity contribution in [2.24, 2.45) is 5.73 Å². The van der Waals surface area contributed by atoms with Gasteiger partial charge in [0, 0.05) is 22.5 Å². The standard InChI is InChI=1S/C15H11F7N2O2S.C10H15.Ir.H2O4S.H2O/c16-9-1-7(2-10(17)5-9)13(23)14(24-27(25,26)15(20,21)22)8-3-11(18)6-12(19)4-8;1-6-7(2)9(4)10(5)8(6)3;;1-5(2,3)4;/h1-6,13-14,24H,23H2;1-5H3;;(H2,1,2,3,4);1H2/q;;+3;;/p-2/t13-,14-;;;;/m0..../s1. The second-order valence-electron chi connectivity index (χ2n) is 9.01. The Labute approximate surface area is 265 Å². The summed E-state index contributed by atoms with van der Waals surface area (Å²) in [6.45, 7) is 11.0. The van der Waals surface area contributed by atoms with Crippen LogP contribution in [0.3, 0.4) is 0 Å². The Balaban J connectivity index is 0. The number of benzene rings is 2. The van der Waals surface area contributed by atoms with Gasteiger partial charge in [0.15, 0.2) is 0 Å². The van der Waals surface area contributed by atoms with E-state index >= 15 is 0 Å². The topological polar surface area (TPSA) is 184 Å². The molecular weight excluding hydrogens is 830 g/mol. The number of hydrogen-bond donors (Lipinski definition) is 2. The second-order valence-corrected chi connectivity index (χ2v) is 11.5. The third-order valence-electron chi connectivity index (χ3n) is 6.27. The molecule has 2 atom stereocenters. The summed E-state index contributed by atoms with van der Waals surface area (Å²) in [5.41, 5.74) is -1.12. The minimum absolute atomic E-state index is 0. The van der Waals surface area contributed by atoms with E-state index in [1.54, 1.807) is 0 Å². The second kappa shape index (κ2) is 17.3. The van der Waals surface area contributed by atoms with Crippen molar-refractivity contribution in [3.63, 3.8) is 0 Å². The Bertz CT molecular complexity index is 1340. The molecule has 0 saturated heterocycles. The molecule has 1 fully saturated rings. The Kier molecular flexibility index (Phi) is 17.4. The zero-order valence-electron chi connectivity index (χ0n) is 23.4. The molecule has 19 heteroatoms. The van der Waals surface area contributed by atoms with Gasteiger partial charge in [-0.25, -0.2) is 26.0 Å². The summed E-state index contributed by atoms with van der Waals surface area (Å²) in [5.74, 6) is 2.62. The molecule has 9 nitrogen and oxygen atoms in total. The molecule has 44 heavy (non-hydrogen) atoms. The molecule has 2 aromatic carbocycles. The fourth-order valence-corrected chi connectivity index (χ4v) is 4.45. The maximum atomic E-state index is 13.4. The summed E-state index contributed by atoms with van der Waals surface area (Å²) in [6, 6.07) is -0.656. The first-order chi connectivity index (χ1) is 18.9. The van der Waals surface area contributed by atoms with Gasteiger partial charge in [-0.15, -0.1) is 0 Å². The van der Waals surface area contributed by atoms with Crippen LogP contribution in [0.2, 0.25) is 0 Å². The minimum Gasteiger partial charge on any atom is -0.759 e. The zero-order valence-corrected chi connectivity index (χ0v) is 27.5. The summed E-state index contributed by atoms with van der Waals surface area (Å²) in [5, 5.41) is 0. The van der Waals surface area contributed by atoms with E-state index in [1.807, 2.05) is 0 Å². The molecule has 5 radical (unpaired) electrons. The van der Waals surface area contributed by atoms with Crippen LogP contribution in [0.1, 0.15) is 57.8 Å². The monoisotopic (exact) mass is 858 g/mol. The van der Waals surface area contributed by atoms with E-state index < -0.39 is 72.4 Å². The van der Waals surface area contributed by atoms with Gasteiger partial charge in [0.05, 0.1) is 12.1 Å². The van der Waals surface area contributed by atoms with Gasteiger partial charge in [-0.2, -0.15) is 17.9 Å². The van der Waals surface area contributed by atoms with Crippen LogP contribution in [-0.4, -0.2) is 36.9 Å². The SMILES string of the molecule is C[C]1[C](C)[C](C)[C](C)[C]1C.N[C@@H](c1cc(F)cc(F)c1)[C@@H](NS(=O)(=O)C(F)(F)F)c1cc(F)cc(F)c1.O.O=S(=O)([O-])[O-].[Ir+3]. The number of alkyl halides is 3. The van der Waals surface area contributed by atoms with Gasteiger partial charge in [0.25, 0.3) is 0 Å². The first-order valence-corrected chi connectivity index (χ1v) is 14.3. The van der Waals surface area contributed by atoms with Crippen molar-refractivity contribution in [1.29, 1.82) is 0 Å². The molecule has 249 valence electrons. The van der Waals surface area contributed by atoms with Crippen molar-refractivity contribution < 1.29 is 82.3 Å². The number of nitrogens with one attached hydrogen (secondary N) is 1. The van der Waals surface area contributed by atoms with Crippen molar-refractivity contribution in [2.75, 3.05) is 0 Å². The summed E-state index contributed by atoms with van der Waals surface area (Å²) in [7, 11) is -11.2. The molecule has 0 aliphatic heterocycles. The Hall–Kier alpha value is -1.70. The molecule has 0 unspecified atom stereocenters. The fraction of sp³-hybridized carbons (Fsp3) is 0.320. The van der Waals surface area contributed by atoms with Gasteiger partial charge in [0.2, 0.25) is 0 Å². The minimum atomic E-state index is -6.01. The molecule has 0 amide bonds. The summed E-state index contributed by atoms with van der Waals surface area (Å²) >= 11 is 0. The molecule has 0 spiro atoms. The summed E-state index contributed by atoms with van der Waals surface area (Å²) in [6.07, 6.45) is 0. The first kappa shape index (κ1) is 44.4. The summed E-state index contributed by atoms with van der Waals surface area (Å²) < 4.78 is 150. The van der Waals surface area contributed by atoms with E-state index in [9.17, 15) is 39.2 Å². The Morgan fingerprint density at radius 1 is 0.659 bits per heavy atom. The van der Waals surface area contributed by atoms with Gasteiger partial charge in [0.1, 0.15) is 23.3 Å². The predicted octanol–water partition coefficient (Wildman–Crippen LogP) is 4.23. The van der Waals surface area contributed by atoms with E-state index in [-0.39, 0.29) is 25.6 Å². The van der Waals surface area contributed by atoms with Gasteiger partial charge in [-0.3, -0.25) is 8.42 Å². The fourth-order valence-electron chi connectivity index (χ4n) is 3.70. The maximum Gasteiger partial charge on any atom is 3.00 e. The average Bonchev–Trinajstić information content (AvgIpc) is 2.97. The number of rotatable bonds is 5. The van der Waals surface area contributed by atoms with Crippen molar-refractivity contribution in [1.82, 2.24) is 4.72 Å². The van der Waals surface area contributed by atoms with E-state index in [0.717, 1.165) is 0 Å². The van der Waals surface area contributed by atoms with E-state index in [1.165, 1.54) is 34.3 Å². The van der Waals surface area contributed by atoms with Gasteiger partial charge in [-0.05, 0) is 65.0 Å². The molecule has 5 N–H and O–H groups in total. The van der Waals surface area contributed by atoms with Gasteiger partial charge >= 0.3 is 35.6 Å². The average molecular weight is 858 g/mol. The van der Waals surface area contributed by atoms with Crippen LogP contribution in [0, 0.1) is 52.9 Å². The van der Waals surface area contributed by atoms with Crippen LogP contribution in [0.15, 0.2) is 36.4 Å². The van der Waals surface area contributed by atoms with E-state index in [2.05, 4.69) is 34.6 Å². The van der Waals surface area contributed by atoms with Crippen molar-refractivity contribution in [2.45, 2.75) is 52.2 Å². The molecule has 1 aliphatic rings. The smallest absolute Gasteiger partial charge is 0.759 e. The molecule has 0 aromatic heterocycles. The van der Waals surface area contributed by atoms with Crippen molar-refractivity contribution in [3.05, 3.63) is 100 Å². The molecular formula is C25H28F7IrN2O7S2+. The maximum absolute atomic E-state index is 13.4. The Morgan fingerprint density at radius 2 is 0.909 bits per heavy atom. The van der Waals surface area contributed by atoms with Crippen LogP contribution in [0.5, 0.6) is 0 Å². The van der Waals surface area contributed by atoms with Crippen molar-refractivity contribution in [3.8, 4) is 0 Å². The van der Waals surface area contributed by atoms with Gasteiger partial charge < -0.3 is 20.3 Å².